The molecule has 0 spiro atoms. The summed E-state index contributed by atoms with van der Waals surface area (Å²) >= 11 is 1.32. The molecule has 34 heavy (non-hydrogen) atoms. The Morgan fingerprint density at radius 1 is 1.21 bits per heavy atom. The van der Waals surface area contributed by atoms with Gasteiger partial charge < -0.3 is 14.9 Å². The Kier molecular flexibility index (Phi) is 9.00. The van der Waals surface area contributed by atoms with E-state index in [-0.39, 0.29) is 37.8 Å². The third kappa shape index (κ3) is 5.40. The fourth-order valence-corrected chi connectivity index (χ4v) is 5.13. The molecule has 1 aromatic heterocycles. The number of aromatic nitrogens is 2. The van der Waals surface area contributed by atoms with Crippen LogP contribution in [0.5, 0.6) is 5.75 Å². The van der Waals surface area contributed by atoms with Crippen molar-refractivity contribution >= 4 is 23.9 Å². The van der Waals surface area contributed by atoms with Gasteiger partial charge in [0.25, 0.3) is 0 Å². The molecule has 180 valence electrons. The molecule has 1 atom stereocenters. The summed E-state index contributed by atoms with van der Waals surface area (Å²) in [5, 5.41) is 29.2. The summed E-state index contributed by atoms with van der Waals surface area (Å²) in [5.74, 6) is 1.26. The van der Waals surface area contributed by atoms with E-state index in [0.717, 1.165) is 29.0 Å². The molecule has 1 heterocycles. The topological polar surface area (TPSA) is 102 Å². The molecule has 4 rings (SSSR count). The van der Waals surface area contributed by atoms with Crippen LogP contribution in [0.25, 0.3) is 22.0 Å². The number of halogens is 1. The van der Waals surface area contributed by atoms with Crippen LogP contribution in [0, 0.1) is 11.3 Å². The number of aliphatic hydroxyl groups excluding tert-OH is 2. The minimum atomic E-state index is -0.00855. The minimum absolute atomic E-state index is 0. The van der Waals surface area contributed by atoms with Crippen LogP contribution in [0.4, 0.5) is 0 Å². The van der Waals surface area contributed by atoms with E-state index < -0.39 is 0 Å². The van der Waals surface area contributed by atoms with E-state index in [2.05, 4.69) is 27.5 Å². The van der Waals surface area contributed by atoms with E-state index in [9.17, 15) is 15.5 Å². The zero-order valence-corrected chi connectivity index (χ0v) is 20.9. The maximum atomic E-state index is 9.54. The molecule has 2 N–H and O–H groups in total. The second kappa shape index (κ2) is 11.7. The van der Waals surface area contributed by atoms with Crippen molar-refractivity contribution < 1.29 is 14.9 Å². The fourth-order valence-electron chi connectivity index (χ4n) is 4.46. The molecule has 0 fully saturated rings. The lowest BCUT2D eigenvalue weighted by atomic mass is 10.0. The number of benzene rings is 2. The molecule has 1 unspecified atom stereocenters. The normalized spacial score (nSPS) is 14.7. The van der Waals surface area contributed by atoms with Crippen LogP contribution >= 0.6 is 23.9 Å². The Morgan fingerprint density at radius 2 is 1.97 bits per heavy atom. The van der Waals surface area contributed by atoms with Crippen LogP contribution in [0.15, 0.2) is 36.4 Å². The second-order valence-corrected chi connectivity index (χ2v) is 9.08. The highest BCUT2D eigenvalue weighted by Gasteiger charge is 2.30. The molecular weight excluding hydrogens is 472 g/mol. The van der Waals surface area contributed by atoms with Crippen LogP contribution < -0.4 is 4.74 Å². The lowest BCUT2D eigenvalue weighted by Crippen LogP contribution is -2.32. The summed E-state index contributed by atoms with van der Waals surface area (Å²) in [6.07, 6.45) is 1.83. The molecule has 0 saturated carbocycles. The van der Waals surface area contributed by atoms with E-state index in [4.69, 9.17) is 9.72 Å². The van der Waals surface area contributed by atoms with Crippen molar-refractivity contribution in [2.45, 2.75) is 38.8 Å². The molecule has 0 saturated heterocycles. The number of nitrogens with zero attached hydrogens (tertiary/aromatic N) is 4. The summed E-state index contributed by atoms with van der Waals surface area (Å²) in [6, 6.07) is 14.1. The van der Waals surface area contributed by atoms with Crippen molar-refractivity contribution in [2.75, 3.05) is 26.3 Å². The Bertz CT molecular complexity index is 1160. The van der Waals surface area contributed by atoms with Crippen molar-refractivity contribution in [3.05, 3.63) is 53.1 Å². The van der Waals surface area contributed by atoms with Crippen molar-refractivity contribution in [2.24, 2.45) is 0 Å². The maximum absolute atomic E-state index is 9.54. The molecule has 9 heteroatoms. The van der Waals surface area contributed by atoms with Gasteiger partial charge in [0.1, 0.15) is 16.8 Å². The summed E-state index contributed by atoms with van der Waals surface area (Å²) in [4.78, 5) is 6.94. The van der Waals surface area contributed by atoms with Gasteiger partial charge in [0.05, 0.1) is 24.9 Å². The average molecular weight is 501 g/mol. The lowest BCUT2D eigenvalue weighted by Gasteiger charge is -2.28. The Labute approximate surface area is 210 Å². The minimum Gasteiger partial charge on any atom is -0.490 e. The second-order valence-electron chi connectivity index (χ2n) is 8.32. The number of rotatable bonds is 9. The smallest absolute Gasteiger partial charge is 0.173 e. The molecule has 0 bridgehead atoms. The third-order valence-corrected chi connectivity index (χ3v) is 6.59. The van der Waals surface area contributed by atoms with Crippen LogP contribution in [-0.2, 0) is 6.42 Å². The van der Waals surface area contributed by atoms with Crippen molar-refractivity contribution in [1.29, 1.82) is 5.26 Å². The standard InChI is InChI=1S/C25H28N4O3S.ClH/c1-16(2)32-23-9-6-17(14-18(23)15-26)25-27-24(28-33-25)21-5-3-4-20-19(21)7-8-22(20)29(10-12-30)11-13-31;/h3-6,9,14,16,22,30-31H,7-8,10-13H2,1-2H3;1H. The molecule has 7 nitrogen and oxygen atoms in total. The Balaban J connectivity index is 0.00000324. The molecule has 2 aromatic carbocycles. The first-order chi connectivity index (χ1) is 16.0. The van der Waals surface area contributed by atoms with Crippen LogP contribution in [0.3, 0.4) is 0 Å². The van der Waals surface area contributed by atoms with Crippen LogP contribution in [0.2, 0.25) is 0 Å². The fraction of sp³-hybridized carbons (Fsp3) is 0.400. The molecule has 0 aliphatic heterocycles. The highest BCUT2D eigenvalue weighted by molar-refractivity contribution is 7.09. The van der Waals surface area contributed by atoms with E-state index in [0.29, 0.717) is 30.2 Å². The zero-order valence-electron chi connectivity index (χ0n) is 19.3. The van der Waals surface area contributed by atoms with Gasteiger partial charge in [0.15, 0.2) is 5.82 Å². The van der Waals surface area contributed by atoms with Gasteiger partial charge in [0, 0.05) is 30.3 Å². The van der Waals surface area contributed by atoms with Gasteiger partial charge in [0.2, 0.25) is 0 Å². The maximum Gasteiger partial charge on any atom is 0.173 e. The van der Waals surface area contributed by atoms with Crippen LogP contribution in [-0.4, -0.2) is 56.9 Å². The number of nitriles is 1. The molecule has 0 radical (unpaired) electrons. The number of fused-ring (bicyclic) bond motifs is 1. The molecule has 1 aliphatic rings. The largest absolute Gasteiger partial charge is 0.490 e. The number of hydrogen-bond acceptors (Lipinski definition) is 8. The summed E-state index contributed by atoms with van der Waals surface area (Å²) < 4.78 is 10.4. The first kappa shape index (κ1) is 26.1. The van der Waals surface area contributed by atoms with Gasteiger partial charge in [-0.2, -0.15) is 9.64 Å². The molecular formula is C25H29ClN4O3S. The summed E-state index contributed by atoms with van der Waals surface area (Å²) in [7, 11) is 0. The lowest BCUT2D eigenvalue weighted by molar-refractivity contribution is 0.121. The van der Waals surface area contributed by atoms with E-state index >= 15 is 0 Å². The van der Waals surface area contributed by atoms with Gasteiger partial charge in [-0.3, -0.25) is 4.90 Å². The van der Waals surface area contributed by atoms with Crippen molar-refractivity contribution in [3.8, 4) is 33.8 Å². The van der Waals surface area contributed by atoms with Crippen molar-refractivity contribution in [3.63, 3.8) is 0 Å². The summed E-state index contributed by atoms with van der Waals surface area (Å²) in [6.45, 7) is 5.06. The third-order valence-electron chi connectivity index (χ3n) is 5.83. The summed E-state index contributed by atoms with van der Waals surface area (Å²) in [5.41, 5.74) is 4.78. The molecule has 0 amide bonds. The predicted molar refractivity (Wildman–Crippen MR) is 135 cm³/mol. The van der Waals surface area contributed by atoms with E-state index in [1.165, 1.54) is 22.7 Å². The zero-order chi connectivity index (χ0) is 23.4. The quantitative estimate of drug-likeness (QED) is 0.453. The van der Waals surface area contributed by atoms with Gasteiger partial charge in [-0.05, 0) is 67.5 Å². The van der Waals surface area contributed by atoms with E-state index in [1.807, 2.05) is 32.0 Å². The van der Waals surface area contributed by atoms with E-state index in [1.54, 1.807) is 6.07 Å². The van der Waals surface area contributed by atoms with Gasteiger partial charge in [-0.1, -0.05) is 18.2 Å². The molecule has 3 aromatic rings. The average Bonchev–Trinajstić information content (AvgIpc) is 3.46. The van der Waals surface area contributed by atoms with Crippen LogP contribution in [0.1, 0.15) is 43.0 Å². The van der Waals surface area contributed by atoms with Gasteiger partial charge in [-0.15, -0.1) is 12.4 Å². The highest BCUT2D eigenvalue weighted by Crippen LogP contribution is 2.40. The highest BCUT2D eigenvalue weighted by atomic mass is 35.5. The van der Waals surface area contributed by atoms with Gasteiger partial charge >= 0.3 is 0 Å². The Morgan fingerprint density at radius 3 is 2.65 bits per heavy atom. The number of ether oxygens (including phenoxy) is 1. The molecule has 1 aliphatic carbocycles. The first-order valence-corrected chi connectivity index (χ1v) is 12.0. The SMILES string of the molecule is CC(C)Oc1ccc(-c2nc(-c3cccc4c3CCC4N(CCO)CCO)ns2)cc1C#N.Cl. The number of hydrogen-bond donors (Lipinski definition) is 2. The Hall–Kier alpha value is -2.54. The number of aliphatic hydroxyl groups is 2. The monoisotopic (exact) mass is 500 g/mol. The predicted octanol–water partition coefficient (Wildman–Crippen LogP) is 4.23. The van der Waals surface area contributed by atoms with Gasteiger partial charge in [-0.25, -0.2) is 4.98 Å². The first-order valence-electron chi connectivity index (χ1n) is 11.2. The van der Waals surface area contributed by atoms with Crippen molar-refractivity contribution in [1.82, 2.24) is 14.3 Å².